The molecule has 1 aliphatic rings. The van der Waals surface area contributed by atoms with Crippen LogP contribution >= 0.6 is 0 Å². The summed E-state index contributed by atoms with van der Waals surface area (Å²) in [6.07, 6.45) is -0.187. The van der Waals surface area contributed by atoms with Crippen LogP contribution in [0, 0.1) is 6.92 Å². The highest BCUT2D eigenvalue weighted by molar-refractivity contribution is 5.81. The van der Waals surface area contributed by atoms with E-state index in [0.29, 0.717) is 13.1 Å². The van der Waals surface area contributed by atoms with Gasteiger partial charge < -0.3 is 10.0 Å². The number of pyridine rings is 1. The molecule has 3 nitrogen and oxygen atoms in total. The Morgan fingerprint density at radius 3 is 2.81 bits per heavy atom. The quantitative estimate of drug-likeness (QED) is 0.785. The van der Waals surface area contributed by atoms with Crippen LogP contribution in [0.15, 0.2) is 30.3 Å². The van der Waals surface area contributed by atoms with Crippen LogP contribution in [-0.4, -0.2) is 29.3 Å². The zero-order chi connectivity index (χ0) is 11.1. The van der Waals surface area contributed by atoms with Crippen LogP contribution < -0.4 is 4.90 Å². The van der Waals surface area contributed by atoms with Gasteiger partial charge in [0.1, 0.15) is 5.82 Å². The molecular weight excluding hydrogens is 200 g/mol. The number of β-amino-alcohol motifs (C(OH)–C–C–N with tert-alkyl or cyclic N) is 1. The van der Waals surface area contributed by atoms with Crippen molar-refractivity contribution < 1.29 is 5.11 Å². The number of anilines is 1. The van der Waals surface area contributed by atoms with Crippen LogP contribution in [0.2, 0.25) is 0 Å². The molecule has 3 heteroatoms. The number of nitrogens with zero attached hydrogens (tertiary/aromatic N) is 2. The molecule has 1 aromatic carbocycles. The standard InChI is InChI=1S/C13H14N2O/c1-9-6-10-4-2-3-5-12(10)14-13(9)15-7-11(16)8-15/h2-6,11,16H,7-8H2,1H3. The molecule has 3 rings (SSSR count). The largest absolute Gasteiger partial charge is 0.389 e. The van der Waals surface area contributed by atoms with Crippen molar-refractivity contribution in [2.24, 2.45) is 0 Å². The van der Waals surface area contributed by atoms with Gasteiger partial charge in [-0.3, -0.25) is 0 Å². The van der Waals surface area contributed by atoms with Gasteiger partial charge in [-0.1, -0.05) is 18.2 Å². The second-order valence-corrected chi connectivity index (χ2v) is 4.38. The van der Waals surface area contributed by atoms with Crippen LogP contribution in [0.25, 0.3) is 10.9 Å². The summed E-state index contributed by atoms with van der Waals surface area (Å²) in [7, 11) is 0. The van der Waals surface area contributed by atoms with Crippen molar-refractivity contribution in [3.8, 4) is 0 Å². The Bertz CT molecular complexity index is 532. The number of hydrogen-bond acceptors (Lipinski definition) is 3. The number of rotatable bonds is 1. The summed E-state index contributed by atoms with van der Waals surface area (Å²) < 4.78 is 0. The monoisotopic (exact) mass is 214 g/mol. The lowest BCUT2D eigenvalue weighted by Gasteiger charge is -2.37. The van der Waals surface area contributed by atoms with Gasteiger partial charge in [-0.15, -0.1) is 0 Å². The lowest BCUT2D eigenvalue weighted by atomic mass is 10.1. The van der Waals surface area contributed by atoms with Gasteiger partial charge >= 0.3 is 0 Å². The fourth-order valence-corrected chi connectivity index (χ4v) is 2.16. The minimum Gasteiger partial charge on any atom is -0.389 e. The maximum atomic E-state index is 9.31. The molecule has 0 atom stereocenters. The molecule has 0 spiro atoms. The van der Waals surface area contributed by atoms with Crippen LogP contribution in [0.4, 0.5) is 5.82 Å². The van der Waals surface area contributed by atoms with E-state index in [1.54, 1.807) is 0 Å². The molecule has 16 heavy (non-hydrogen) atoms. The van der Waals surface area contributed by atoms with Crippen LogP contribution in [0.3, 0.4) is 0 Å². The molecule has 0 unspecified atom stereocenters. The fraction of sp³-hybridized carbons (Fsp3) is 0.308. The predicted octanol–water partition coefficient (Wildman–Crippen LogP) is 1.72. The number of benzene rings is 1. The van der Waals surface area contributed by atoms with Gasteiger partial charge in [0.05, 0.1) is 11.6 Å². The van der Waals surface area contributed by atoms with Crippen LogP contribution in [0.5, 0.6) is 0 Å². The van der Waals surface area contributed by atoms with Crippen molar-refractivity contribution in [3.05, 3.63) is 35.9 Å². The molecule has 1 aromatic heterocycles. The molecule has 1 aliphatic heterocycles. The van der Waals surface area contributed by atoms with E-state index in [-0.39, 0.29) is 6.10 Å². The third-order valence-electron chi connectivity index (χ3n) is 3.05. The molecule has 1 saturated heterocycles. The Morgan fingerprint density at radius 1 is 1.31 bits per heavy atom. The highest BCUT2D eigenvalue weighted by Crippen LogP contribution is 2.26. The minimum atomic E-state index is -0.187. The van der Waals surface area contributed by atoms with E-state index in [4.69, 9.17) is 0 Å². The van der Waals surface area contributed by atoms with E-state index in [1.807, 2.05) is 18.2 Å². The lowest BCUT2D eigenvalue weighted by Crippen LogP contribution is -2.51. The Kier molecular flexibility index (Phi) is 2.07. The van der Waals surface area contributed by atoms with Crippen molar-refractivity contribution in [2.45, 2.75) is 13.0 Å². The Labute approximate surface area is 94.3 Å². The Morgan fingerprint density at radius 2 is 2.06 bits per heavy atom. The van der Waals surface area contributed by atoms with E-state index >= 15 is 0 Å². The van der Waals surface area contributed by atoms with Crippen molar-refractivity contribution in [2.75, 3.05) is 18.0 Å². The number of aliphatic hydroxyl groups is 1. The smallest absolute Gasteiger partial charge is 0.132 e. The maximum Gasteiger partial charge on any atom is 0.132 e. The molecule has 0 radical (unpaired) electrons. The van der Waals surface area contributed by atoms with Crippen molar-refractivity contribution in [3.63, 3.8) is 0 Å². The SMILES string of the molecule is Cc1cc2ccccc2nc1N1CC(O)C1. The summed E-state index contributed by atoms with van der Waals surface area (Å²) in [6, 6.07) is 10.3. The van der Waals surface area contributed by atoms with E-state index in [1.165, 1.54) is 10.9 Å². The van der Waals surface area contributed by atoms with E-state index in [0.717, 1.165) is 11.3 Å². The fourth-order valence-electron chi connectivity index (χ4n) is 2.16. The maximum absolute atomic E-state index is 9.31. The number of aryl methyl sites for hydroxylation is 1. The molecule has 2 aromatic rings. The molecular formula is C13H14N2O. The number of hydrogen-bond donors (Lipinski definition) is 1. The normalized spacial score (nSPS) is 16.5. The van der Waals surface area contributed by atoms with Crippen LogP contribution in [0.1, 0.15) is 5.56 Å². The Balaban J connectivity index is 2.08. The molecule has 0 aliphatic carbocycles. The topological polar surface area (TPSA) is 36.4 Å². The number of aliphatic hydroxyl groups excluding tert-OH is 1. The van der Waals surface area contributed by atoms with Gasteiger partial charge in [0.25, 0.3) is 0 Å². The third-order valence-corrected chi connectivity index (χ3v) is 3.05. The molecule has 2 heterocycles. The summed E-state index contributed by atoms with van der Waals surface area (Å²) in [4.78, 5) is 6.76. The number of para-hydroxylation sites is 1. The van der Waals surface area contributed by atoms with Gasteiger partial charge in [0.15, 0.2) is 0 Å². The number of fused-ring (bicyclic) bond motifs is 1. The predicted molar refractivity (Wildman–Crippen MR) is 64.7 cm³/mol. The van der Waals surface area contributed by atoms with Gasteiger partial charge in [0.2, 0.25) is 0 Å². The molecule has 0 bridgehead atoms. The first-order chi connectivity index (χ1) is 7.74. The molecule has 82 valence electrons. The summed E-state index contributed by atoms with van der Waals surface area (Å²) in [5, 5.41) is 10.5. The molecule has 0 saturated carbocycles. The first-order valence-corrected chi connectivity index (χ1v) is 5.53. The number of aromatic nitrogens is 1. The van der Waals surface area contributed by atoms with E-state index < -0.39 is 0 Å². The molecule has 0 amide bonds. The van der Waals surface area contributed by atoms with Crippen molar-refractivity contribution in [1.82, 2.24) is 4.98 Å². The summed E-state index contributed by atoms with van der Waals surface area (Å²) in [5.41, 5.74) is 2.19. The average molecular weight is 214 g/mol. The first kappa shape index (κ1) is 9.60. The summed E-state index contributed by atoms with van der Waals surface area (Å²) in [6.45, 7) is 3.47. The summed E-state index contributed by atoms with van der Waals surface area (Å²) in [5.74, 6) is 1.00. The highest BCUT2D eigenvalue weighted by Gasteiger charge is 2.26. The third kappa shape index (κ3) is 1.44. The minimum absolute atomic E-state index is 0.187. The Hall–Kier alpha value is -1.61. The van der Waals surface area contributed by atoms with Gasteiger partial charge in [0, 0.05) is 18.5 Å². The van der Waals surface area contributed by atoms with E-state index in [9.17, 15) is 5.11 Å². The average Bonchev–Trinajstić information content (AvgIpc) is 2.24. The summed E-state index contributed by atoms with van der Waals surface area (Å²) >= 11 is 0. The van der Waals surface area contributed by atoms with Crippen LogP contribution in [-0.2, 0) is 0 Å². The zero-order valence-electron chi connectivity index (χ0n) is 9.22. The van der Waals surface area contributed by atoms with Crippen molar-refractivity contribution in [1.29, 1.82) is 0 Å². The van der Waals surface area contributed by atoms with Gasteiger partial charge in [-0.05, 0) is 24.6 Å². The molecule has 1 fully saturated rings. The second-order valence-electron chi connectivity index (χ2n) is 4.38. The van der Waals surface area contributed by atoms with Gasteiger partial charge in [-0.25, -0.2) is 4.98 Å². The van der Waals surface area contributed by atoms with E-state index in [2.05, 4.69) is 28.9 Å². The van der Waals surface area contributed by atoms with Crippen molar-refractivity contribution >= 4 is 16.7 Å². The lowest BCUT2D eigenvalue weighted by molar-refractivity contribution is 0.141. The first-order valence-electron chi connectivity index (χ1n) is 5.53. The van der Waals surface area contributed by atoms with Gasteiger partial charge in [-0.2, -0.15) is 0 Å². The second kappa shape index (κ2) is 3.46. The molecule has 1 N–H and O–H groups in total. The highest BCUT2D eigenvalue weighted by atomic mass is 16.3. The zero-order valence-corrected chi connectivity index (χ0v) is 9.22.